The molecule has 0 aliphatic carbocycles. The maximum absolute atomic E-state index is 10.4. The molecule has 0 amide bonds. The van der Waals surface area contributed by atoms with Crippen molar-refractivity contribution in [1.82, 2.24) is 0 Å². The quantitative estimate of drug-likeness (QED) is 0.338. The van der Waals surface area contributed by atoms with Gasteiger partial charge in [0, 0.05) is 10.6 Å². The number of rotatable bonds is 6. The van der Waals surface area contributed by atoms with Crippen LogP contribution in [0.2, 0.25) is 0 Å². The second-order valence-electron chi connectivity index (χ2n) is 6.01. The fraction of sp³-hybridized carbons (Fsp3) is 0.389. The molecule has 132 valence electrons. The standard InChI is InChI=1S/C18H25N3OS.HI/c1-4-13(2)14-7-9-15(10-8-14)21-17(19)20-12-18(3,22)16-6-5-11-23-16;/h5-11,13,22H,4,12H2,1-3H3,(H3,19,20,21);1H. The molecule has 4 nitrogen and oxygen atoms in total. The lowest BCUT2D eigenvalue weighted by atomic mass is 9.99. The monoisotopic (exact) mass is 459 g/mol. The average molecular weight is 459 g/mol. The molecule has 0 aliphatic heterocycles. The fourth-order valence-electron chi connectivity index (χ4n) is 2.22. The van der Waals surface area contributed by atoms with Crippen LogP contribution in [-0.2, 0) is 5.60 Å². The average Bonchev–Trinajstić information content (AvgIpc) is 3.08. The summed E-state index contributed by atoms with van der Waals surface area (Å²) in [6.07, 6.45) is 1.12. The van der Waals surface area contributed by atoms with Crippen molar-refractivity contribution >= 4 is 47.0 Å². The van der Waals surface area contributed by atoms with Gasteiger partial charge in [0.05, 0.1) is 6.54 Å². The minimum Gasteiger partial charge on any atom is -0.383 e. The molecule has 0 bridgehead atoms. The molecule has 0 saturated heterocycles. The highest BCUT2D eigenvalue weighted by molar-refractivity contribution is 14.0. The number of nitrogens with one attached hydrogen (secondary N) is 1. The summed E-state index contributed by atoms with van der Waals surface area (Å²) in [4.78, 5) is 5.14. The lowest BCUT2D eigenvalue weighted by molar-refractivity contribution is 0.0713. The topological polar surface area (TPSA) is 70.6 Å². The summed E-state index contributed by atoms with van der Waals surface area (Å²) in [6, 6.07) is 12.0. The molecule has 4 N–H and O–H groups in total. The number of hydrogen-bond donors (Lipinski definition) is 3. The van der Waals surface area contributed by atoms with Crippen molar-refractivity contribution in [2.45, 2.75) is 38.7 Å². The summed E-state index contributed by atoms with van der Waals surface area (Å²) in [5.74, 6) is 0.856. The number of guanidine groups is 1. The number of nitrogens with two attached hydrogens (primary N) is 1. The number of halogens is 1. The van der Waals surface area contributed by atoms with E-state index >= 15 is 0 Å². The van der Waals surface area contributed by atoms with E-state index in [0.29, 0.717) is 11.9 Å². The van der Waals surface area contributed by atoms with Gasteiger partial charge in [-0.1, -0.05) is 32.0 Å². The Labute approximate surface area is 165 Å². The first-order valence-electron chi connectivity index (χ1n) is 7.85. The number of hydrogen-bond acceptors (Lipinski definition) is 3. The van der Waals surface area contributed by atoms with Gasteiger partial charge in [0.1, 0.15) is 5.60 Å². The Kier molecular flexibility index (Phi) is 8.18. The number of anilines is 1. The van der Waals surface area contributed by atoms with E-state index in [1.807, 2.05) is 29.6 Å². The van der Waals surface area contributed by atoms with Gasteiger partial charge in [0.25, 0.3) is 0 Å². The van der Waals surface area contributed by atoms with Crippen molar-refractivity contribution in [1.29, 1.82) is 0 Å². The van der Waals surface area contributed by atoms with Gasteiger partial charge in [-0.25, -0.2) is 4.99 Å². The smallest absolute Gasteiger partial charge is 0.193 e. The first-order chi connectivity index (χ1) is 10.9. The van der Waals surface area contributed by atoms with Gasteiger partial charge in [0.15, 0.2) is 5.96 Å². The SMILES string of the molecule is CCC(C)c1ccc(NC(N)=NCC(C)(O)c2cccs2)cc1.I. The zero-order valence-corrected chi connectivity index (χ0v) is 17.5. The van der Waals surface area contributed by atoms with Gasteiger partial charge in [0.2, 0.25) is 0 Å². The van der Waals surface area contributed by atoms with Crippen LogP contribution in [-0.4, -0.2) is 17.6 Å². The molecule has 2 unspecified atom stereocenters. The summed E-state index contributed by atoms with van der Waals surface area (Å²) in [6.45, 7) is 6.36. The molecule has 1 aromatic heterocycles. The largest absolute Gasteiger partial charge is 0.383 e. The predicted molar refractivity (Wildman–Crippen MR) is 115 cm³/mol. The molecule has 24 heavy (non-hydrogen) atoms. The Morgan fingerprint density at radius 1 is 1.33 bits per heavy atom. The van der Waals surface area contributed by atoms with Crippen LogP contribution in [0.3, 0.4) is 0 Å². The Morgan fingerprint density at radius 3 is 2.54 bits per heavy atom. The number of nitrogens with zero attached hydrogens (tertiary/aromatic N) is 1. The van der Waals surface area contributed by atoms with E-state index < -0.39 is 5.60 Å². The highest BCUT2D eigenvalue weighted by Crippen LogP contribution is 2.25. The predicted octanol–water partition coefficient (Wildman–Crippen LogP) is 4.51. The van der Waals surface area contributed by atoms with Crippen LogP contribution in [0.4, 0.5) is 5.69 Å². The maximum atomic E-state index is 10.4. The molecule has 0 spiro atoms. The highest BCUT2D eigenvalue weighted by Gasteiger charge is 2.23. The zero-order valence-electron chi connectivity index (χ0n) is 14.3. The molecule has 0 radical (unpaired) electrons. The van der Waals surface area contributed by atoms with E-state index in [4.69, 9.17) is 5.73 Å². The summed E-state index contributed by atoms with van der Waals surface area (Å²) in [5, 5.41) is 15.4. The van der Waals surface area contributed by atoms with Crippen LogP contribution in [0.5, 0.6) is 0 Å². The van der Waals surface area contributed by atoms with Crippen molar-refractivity contribution in [2.24, 2.45) is 10.7 Å². The minimum atomic E-state index is -0.999. The van der Waals surface area contributed by atoms with E-state index in [0.717, 1.165) is 17.0 Å². The molecule has 2 atom stereocenters. The summed E-state index contributed by atoms with van der Waals surface area (Å²) < 4.78 is 0. The molecule has 2 rings (SSSR count). The van der Waals surface area contributed by atoms with Gasteiger partial charge in [-0.15, -0.1) is 35.3 Å². The molecule has 1 heterocycles. The third-order valence-electron chi connectivity index (χ3n) is 3.97. The lowest BCUT2D eigenvalue weighted by Gasteiger charge is -2.19. The van der Waals surface area contributed by atoms with Gasteiger partial charge in [-0.05, 0) is 48.4 Å². The first-order valence-corrected chi connectivity index (χ1v) is 8.73. The maximum Gasteiger partial charge on any atom is 0.193 e. The van der Waals surface area contributed by atoms with Crippen LogP contribution in [0.15, 0.2) is 46.8 Å². The van der Waals surface area contributed by atoms with Gasteiger partial charge < -0.3 is 16.2 Å². The summed E-state index contributed by atoms with van der Waals surface area (Å²) in [7, 11) is 0. The van der Waals surface area contributed by atoms with E-state index in [9.17, 15) is 5.11 Å². The van der Waals surface area contributed by atoms with Crippen molar-refractivity contribution in [3.8, 4) is 0 Å². The summed E-state index contributed by atoms with van der Waals surface area (Å²) >= 11 is 1.51. The van der Waals surface area contributed by atoms with Gasteiger partial charge in [-0.3, -0.25) is 0 Å². The first kappa shape index (κ1) is 20.9. The van der Waals surface area contributed by atoms with Crippen LogP contribution >= 0.6 is 35.3 Å². The molecule has 1 aromatic carbocycles. The molecule has 0 fully saturated rings. The second kappa shape index (κ2) is 9.39. The van der Waals surface area contributed by atoms with Gasteiger partial charge >= 0.3 is 0 Å². The Morgan fingerprint density at radius 2 is 2.00 bits per heavy atom. The molecule has 6 heteroatoms. The second-order valence-corrected chi connectivity index (χ2v) is 6.96. The van der Waals surface area contributed by atoms with E-state index in [1.165, 1.54) is 16.9 Å². The highest BCUT2D eigenvalue weighted by atomic mass is 127. The van der Waals surface area contributed by atoms with Crippen molar-refractivity contribution in [2.75, 3.05) is 11.9 Å². The van der Waals surface area contributed by atoms with Crippen molar-refractivity contribution in [3.05, 3.63) is 52.2 Å². The minimum absolute atomic E-state index is 0. The zero-order chi connectivity index (χ0) is 16.9. The fourth-order valence-corrected chi connectivity index (χ4v) is 3.00. The Bertz CT molecular complexity index is 639. The van der Waals surface area contributed by atoms with Crippen LogP contribution in [0.1, 0.15) is 43.6 Å². The molecular weight excluding hydrogens is 433 g/mol. The normalized spacial score (nSPS) is 15.2. The number of aliphatic imine (C=N–C) groups is 1. The number of aliphatic hydroxyl groups is 1. The Balaban J connectivity index is 0.00000288. The Hall–Kier alpha value is -1.12. The van der Waals surface area contributed by atoms with E-state index in [-0.39, 0.29) is 30.5 Å². The lowest BCUT2D eigenvalue weighted by Crippen LogP contribution is -2.29. The third kappa shape index (κ3) is 5.75. The molecular formula is C18H26IN3OS. The van der Waals surface area contributed by atoms with Gasteiger partial charge in [-0.2, -0.15) is 0 Å². The van der Waals surface area contributed by atoms with Crippen molar-refractivity contribution < 1.29 is 5.11 Å². The summed E-state index contributed by atoms with van der Waals surface area (Å²) in [5.41, 5.74) is 7.13. The van der Waals surface area contributed by atoms with E-state index in [2.05, 4.69) is 36.3 Å². The molecule has 0 aliphatic rings. The number of benzene rings is 1. The van der Waals surface area contributed by atoms with E-state index in [1.54, 1.807) is 6.92 Å². The molecule has 2 aromatic rings. The molecule has 0 saturated carbocycles. The van der Waals surface area contributed by atoms with Crippen LogP contribution < -0.4 is 11.1 Å². The number of thiophene rings is 1. The van der Waals surface area contributed by atoms with Crippen LogP contribution in [0, 0.1) is 0 Å². The van der Waals surface area contributed by atoms with Crippen molar-refractivity contribution in [3.63, 3.8) is 0 Å². The third-order valence-corrected chi connectivity index (χ3v) is 5.10. The van der Waals surface area contributed by atoms with Crippen LogP contribution in [0.25, 0.3) is 0 Å².